The molecule has 2 N–H and O–H groups in total. The first-order valence-corrected chi connectivity index (χ1v) is 16.7. The molecule has 2 aromatic carbocycles. The molecule has 1 unspecified atom stereocenters. The smallest absolute Gasteiger partial charge is 0.242 e. The number of carbonyl (C=O) groups is 1. The molecule has 232 valence electrons. The molecule has 0 radical (unpaired) electrons. The minimum atomic E-state index is -2.94. The van der Waals surface area contributed by atoms with Gasteiger partial charge in [0.15, 0.2) is 5.78 Å². The van der Waals surface area contributed by atoms with Crippen molar-refractivity contribution < 1.29 is 27.4 Å². The third kappa shape index (κ3) is 10.5. The van der Waals surface area contributed by atoms with Gasteiger partial charge in [0.05, 0.1) is 27.3 Å². The van der Waals surface area contributed by atoms with E-state index in [1.165, 1.54) is 24.3 Å². The fourth-order valence-electron chi connectivity index (χ4n) is 3.79. The normalized spacial score (nSPS) is 13.7. The second-order valence-electron chi connectivity index (χ2n) is 11.0. The van der Waals surface area contributed by atoms with Crippen LogP contribution in [0.5, 0.6) is 5.88 Å². The number of ether oxygens (including phenoxy) is 1. The molecule has 0 aliphatic heterocycles. The highest BCUT2D eigenvalue weighted by Crippen LogP contribution is 2.32. The monoisotopic (exact) mass is 629 g/mol. The quantitative estimate of drug-likeness (QED) is 0.211. The molecular formula is C32H40FN3O5S2. The van der Waals surface area contributed by atoms with Crippen LogP contribution in [0.2, 0.25) is 0 Å². The van der Waals surface area contributed by atoms with E-state index in [4.69, 9.17) is 9.72 Å². The number of fused-ring (bicyclic) bond motifs is 1. The molecule has 2 aromatic heterocycles. The first-order chi connectivity index (χ1) is 20.3. The van der Waals surface area contributed by atoms with Gasteiger partial charge in [-0.3, -0.25) is 4.79 Å². The Bertz CT molecular complexity index is 1570. The molecule has 1 atom stereocenters. The molecule has 0 bridgehead atoms. The molecule has 4 aromatic rings. The Morgan fingerprint density at radius 1 is 0.953 bits per heavy atom. The van der Waals surface area contributed by atoms with Crippen LogP contribution >= 0.6 is 11.3 Å². The number of benzene rings is 2. The molecule has 0 saturated heterocycles. The Morgan fingerprint density at radius 2 is 1.56 bits per heavy atom. The molecule has 5 rings (SSSR count). The predicted octanol–water partition coefficient (Wildman–Crippen LogP) is 6.71. The van der Waals surface area contributed by atoms with Crippen molar-refractivity contribution in [2.45, 2.75) is 77.9 Å². The number of Topliss-reactive ketones (excluding diaryl/α,β-unsaturated/α-hetero) is 1. The zero-order valence-electron chi connectivity index (χ0n) is 25.3. The van der Waals surface area contributed by atoms with E-state index in [0.717, 1.165) is 34.4 Å². The van der Waals surface area contributed by atoms with Gasteiger partial charge < -0.3 is 9.84 Å². The minimum Gasteiger partial charge on any atom is -0.473 e. The molecule has 0 spiro atoms. The molecule has 1 saturated carbocycles. The number of ketones is 1. The topological polar surface area (TPSA) is 118 Å². The van der Waals surface area contributed by atoms with Gasteiger partial charge in [-0.25, -0.2) is 27.5 Å². The zero-order chi connectivity index (χ0) is 31.7. The summed E-state index contributed by atoms with van der Waals surface area (Å²) in [7, 11) is -2.94. The lowest BCUT2D eigenvalue weighted by atomic mass is 9.98. The van der Waals surface area contributed by atoms with Gasteiger partial charge in [0, 0.05) is 12.0 Å². The summed E-state index contributed by atoms with van der Waals surface area (Å²) in [5.74, 6) is -0.249. The van der Waals surface area contributed by atoms with Gasteiger partial charge in [0.1, 0.15) is 17.6 Å². The highest BCUT2D eigenvalue weighted by molar-refractivity contribution is 7.90. The number of aromatic nitrogens is 2. The van der Waals surface area contributed by atoms with E-state index in [-0.39, 0.29) is 34.9 Å². The van der Waals surface area contributed by atoms with Crippen LogP contribution in [0.4, 0.5) is 4.39 Å². The first kappa shape index (κ1) is 34.2. The van der Waals surface area contributed by atoms with Crippen molar-refractivity contribution in [1.82, 2.24) is 14.7 Å². The van der Waals surface area contributed by atoms with Crippen molar-refractivity contribution >= 4 is 38.2 Å². The largest absolute Gasteiger partial charge is 0.473 e. The lowest BCUT2D eigenvalue weighted by Gasteiger charge is -2.12. The lowest BCUT2D eigenvalue weighted by molar-refractivity contribution is -0.130. The summed E-state index contributed by atoms with van der Waals surface area (Å²) in [5.41, 5.74) is 3.01. The van der Waals surface area contributed by atoms with Gasteiger partial charge >= 0.3 is 0 Å². The Hall–Kier alpha value is -3.25. The number of rotatable bonds is 9. The SMILES string of the molecule is CC(C)C(=O)C(O)c1ccc(F)cc1.CC(C)NS(=O)(=O)C1CC1.CC(C)Oc1nc2ccccc2nc1-c1cccs1. The lowest BCUT2D eigenvalue weighted by Crippen LogP contribution is -2.32. The molecule has 8 nitrogen and oxygen atoms in total. The number of para-hydroxylation sites is 2. The molecule has 11 heteroatoms. The van der Waals surface area contributed by atoms with Gasteiger partial charge in [-0.2, -0.15) is 0 Å². The standard InChI is InChI=1S/C15H14N2OS.C11H13FO2.C6H13NO2S/c1-10(2)18-15-14(13-8-5-9-19-13)16-11-6-3-4-7-12(11)17-15;1-7(2)10(13)11(14)8-3-5-9(12)6-4-8;1-5(2)7-10(8,9)6-3-4-6/h3-10H,1-2H3;3-7,11,14H,1-2H3;5-7H,3-4H2,1-2H3. The van der Waals surface area contributed by atoms with Crippen molar-refractivity contribution in [2.24, 2.45) is 5.92 Å². The van der Waals surface area contributed by atoms with Crippen LogP contribution in [0, 0.1) is 11.7 Å². The third-order valence-corrected chi connectivity index (χ3v) is 9.05. The highest BCUT2D eigenvalue weighted by Gasteiger charge is 2.35. The number of aliphatic hydroxyl groups is 1. The second-order valence-corrected chi connectivity index (χ2v) is 14.0. The van der Waals surface area contributed by atoms with Crippen LogP contribution in [-0.2, 0) is 14.8 Å². The third-order valence-electron chi connectivity index (χ3n) is 6.03. The summed E-state index contributed by atoms with van der Waals surface area (Å²) in [6.07, 6.45) is 0.606. The fraction of sp³-hybridized carbons (Fsp3) is 0.406. The number of hydrogen-bond donors (Lipinski definition) is 2. The maximum absolute atomic E-state index is 12.5. The number of aliphatic hydroxyl groups excluding tert-OH is 1. The molecule has 1 aliphatic carbocycles. The molecule has 2 heterocycles. The van der Waals surface area contributed by atoms with Crippen LogP contribution in [0.15, 0.2) is 66.0 Å². The van der Waals surface area contributed by atoms with Crippen LogP contribution in [0.3, 0.4) is 0 Å². The van der Waals surface area contributed by atoms with Crippen LogP contribution in [0.25, 0.3) is 21.6 Å². The molecule has 43 heavy (non-hydrogen) atoms. The van der Waals surface area contributed by atoms with Gasteiger partial charge in [-0.05, 0) is 81.8 Å². The summed E-state index contributed by atoms with van der Waals surface area (Å²) in [6, 6.07) is 17.2. The number of thiophene rings is 1. The van der Waals surface area contributed by atoms with E-state index >= 15 is 0 Å². The highest BCUT2D eigenvalue weighted by atomic mass is 32.2. The van der Waals surface area contributed by atoms with E-state index in [9.17, 15) is 22.7 Å². The van der Waals surface area contributed by atoms with Gasteiger partial charge in [0.2, 0.25) is 15.9 Å². The van der Waals surface area contributed by atoms with E-state index in [0.29, 0.717) is 11.4 Å². The maximum atomic E-state index is 12.5. The number of hydrogen-bond acceptors (Lipinski definition) is 8. The maximum Gasteiger partial charge on any atom is 0.242 e. The second kappa shape index (κ2) is 15.5. The predicted molar refractivity (Wildman–Crippen MR) is 170 cm³/mol. The van der Waals surface area contributed by atoms with E-state index in [1.54, 1.807) is 25.2 Å². The fourth-order valence-corrected chi connectivity index (χ4v) is 6.10. The molecule has 0 amide bonds. The molecule has 1 aliphatic rings. The van der Waals surface area contributed by atoms with Crippen LogP contribution in [0.1, 0.15) is 66.1 Å². The summed E-state index contributed by atoms with van der Waals surface area (Å²) >= 11 is 1.64. The number of halogens is 1. The summed E-state index contributed by atoms with van der Waals surface area (Å²) in [4.78, 5) is 21.7. The Balaban J connectivity index is 0.000000187. The van der Waals surface area contributed by atoms with Gasteiger partial charge in [-0.15, -0.1) is 11.3 Å². The van der Waals surface area contributed by atoms with Gasteiger partial charge in [0.25, 0.3) is 0 Å². The zero-order valence-corrected chi connectivity index (χ0v) is 27.0. The Kier molecular flexibility index (Phi) is 12.3. The number of nitrogens with one attached hydrogen (secondary N) is 1. The van der Waals surface area contributed by atoms with E-state index in [1.807, 2.05) is 69.5 Å². The van der Waals surface area contributed by atoms with Crippen molar-refractivity contribution in [1.29, 1.82) is 0 Å². The Morgan fingerprint density at radius 3 is 2.05 bits per heavy atom. The number of sulfonamides is 1. The van der Waals surface area contributed by atoms with Crippen molar-refractivity contribution in [3.8, 4) is 16.5 Å². The first-order valence-electron chi connectivity index (χ1n) is 14.2. The summed E-state index contributed by atoms with van der Waals surface area (Å²) in [5, 5.41) is 11.5. The molecular weight excluding hydrogens is 590 g/mol. The van der Waals surface area contributed by atoms with Crippen LogP contribution < -0.4 is 9.46 Å². The van der Waals surface area contributed by atoms with Crippen LogP contribution in [-0.4, -0.2) is 46.7 Å². The van der Waals surface area contributed by atoms with Crippen molar-refractivity contribution in [3.63, 3.8) is 0 Å². The van der Waals surface area contributed by atoms with E-state index in [2.05, 4.69) is 9.71 Å². The minimum absolute atomic E-state index is 0.0330. The van der Waals surface area contributed by atoms with Gasteiger partial charge in [-0.1, -0.05) is 44.2 Å². The summed E-state index contributed by atoms with van der Waals surface area (Å²) < 4.78 is 43.1. The Labute approximate surface area is 257 Å². The van der Waals surface area contributed by atoms with Crippen molar-refractivity contribution in [2.75, 3.05) is 0 Å². The van der Waals surface area contributed by atoms with Crippen molar-refractivity contribution in [3.05, 3.63) is 77.4 Å². The molecule has 1 fully saturated rings. The number of nitrogens with zero attached hydrogens (tertiary/aromatic N) is 2. The van der Waals surface area contributed by atoms with E-state index < -0.39 is 16.1 Å². The number of carbonyl (C=O) groups excluding carboxylic acids is 1. The summed E-state index contributed by atoms with van der Waals surface area (Å²) in [6.45, 7) is 11.1. The average Bonchev–Trinajstić information content (AvgIpc) is 3.68. The average molecular weight is 630 g/mol.